The summed E-state index contributed by atoms with van der Waals surface area (Å²) in [6, 6.07) is 10.1. The number of nitrogens with one attached hydrogen (secondary N) is 2. The van der Waals surface area contributed by atoms with Gasteiger partial charge in [-0.2, -0.15) is 0 Å². The number of hydrogen-bond donors (Lipinski definition) is 2. The first kappa shape index (κ1) is 19.7. The summed E-state index contributed by atoms with van der Waals surface area (Å²) in [5.41, 5.74) is 1.56. The number of hydrogen-bond acceptors (Lipinski definition) is 7. The molecule has 144 valence electrons. The highest BCUT2D eigenvalue weighted by atomic mass is 32.1. The maximum Gasteiger partial charge on any atom is 0.337 e. The predicted octanol–water partition coefficient (Wildman–Crippen LogP) is 3.55. The molecule has 0 unspecified atom stereocenters. The van der Waals surface area contributed by atoms with Crippen LogP contribution in [0.3, 0.4) is 0 Å². The van der Waals surface area contributed by atoms with Crippen LogP contribution in [-0.4, -0.2) is 29.9 Å². The van der Waals surface area contributed by atoms with E-state index in [1.807, 2.05) is 17.5 Å². The minimum Gasteiger partial charge on any atom is -0.465 e. The summed E-state index contributed by atoms with van der Waals surface area (Å²) >= 11 is 2.86. The first-order valence-corrected chi connectivity index (χ1v) is 9.94. The average Bonchev–Trinajstić information content (AvgIpc) is 3.35. The van der Waals surface area contributed by atoms with Crippen molar-refractivity contribution in [3.63, 3.8) is 0 Å². The van der Waals surface area contributed by atoms with Crippen LogP contribution >= 0.6 is 22.7 Å². The van der Waals surface area contributed by atoms with Gasteiger partial charge in [-0.1, -0.05) is 0 Å². The van der Waals surface area contributed by atoms with Crippen molar-refractivity contribution >= 4 is 45.6 Å². The molecule has 2 aromatic heterocycles. The number of rotatable bonds is 6. The third kappa shape index (κ3) is 4.81. The highest BCUT2D eigenvalue weighted by Gasteiger charge is 2.13. The standard InChI is InChI=1S/C19H17N3O4S2/c1-11(23)20-9-14-7-8-16(28-14)15-10-27-19(21-15)22-17(24)12-3-5-13(6-4-12)18(25)26-2/h3-8,10H,9H2,1-2H3,(H,20,23)(H,21,22,24). The van der Waals surface area contributed by atoms with E-state index in [9.17, 15) is 14.4 Å². The number of thiophene rings is 1. The Morgan fingerprint density at radius 2 is 1.79 bits per heavy atom. The lowest BCUT2D eigenvalue weighted by molar-refractivity contribution is -0.119. The molecule has 9 heteroatoms. The smallest absolute Gasteiger partial charge is 0.337 e. The van der Waals surface area contributed by atoms with E-state index >= 15 is 0 Å². The van der Waals surface area contributed by atoms with Crippen molar-refractivity contribution in [2.45, 2.75) is 13.5 Å². The molecule has 0 bridgehead atoms. The quantitative estimate of drug-likeness (QED) is 0.600. The lowest BCUT2D eigenvalue weighted by atomic mass is 10.1. The number of amides is 2. The average molecular weight is 415 g/mol. The van der Waals surface area contributed by atoms with Gasteiger partial charge in [-0.05, 0) is 36.4 Å². The minimum atomic E-state index is -0.453. The molecule has 0 saturated carbocycles. The Bertz CT molecular complexity index is 1010. The van der Waals surface area contributed by atoms with E-state index in [4.69, 9.17) is 0 Å². The Kier molecular flexibility index (Phi) is 6.17. The monoisotopic (exact) mass is 415 g/mol. The number of benzene rings is 1. The second-order valence-corrected chi connectivity index (χ2v) is 7.76. The molecule has 0 aliphatic heterocycles. The molecule has 2 heterocycles. The summed E-state index contributed by atoms with van der Waals surface area (Å²) in [5, 5.41) is 7.86. The molecule has 0 aliphatic carbocycles. The molecule has 3 rings (SSSR count). The zero-order chi connectivity index (χ0) is 20.1. The van der Waals surface area contributed by atoms with Crippen LogP contribution in [0.1, 0.15) is 32.5 Å². The number of ether oxygens (including phenoxy) is 1. The number of methoxy groups -OCH3 is 1. The van der Waals surface area contributed by atoms with Gasteiger partial charge in [-0.25, -0.2) is 9.78 Å². The molecule has 28 heavy (non-hydrogen) atoms. The molecule has 0 aliphatic rings. The zero-order valence-electron chi connectivity index (χ0n) is 15.1. The topological polar surface area (TPSA) is 97.4 Å². The zero-order valence-corrected chi connectivity index (χ0v) is 16.8. The summed E-state index contributed by atoms with van der Waals surface area (Å²) in [5.74, 6) is -0.839. The molecule has 1 aromatic carbocycles. The number of carbonyl (C=O) groups excluding carboxylic acids is 3. The Labute approximate surface area is 169 Å². The fourth-order valence-corrected chi connectivity index (χ4v) is 4.00. The number of nitrogens with zero attached hydrogens (tertiary/aromatic N) is 1. The molecule has 2 amide bonds. The maximum absolute atomic E-state index is 12.4. The van der Waals surface area contributed by atoms with Gasteiger partial charge in [0.2, 0.25) is 5.91 Å². The molecule has 3 aromatic rings. The fraction of sp³-hybridized carbons (Fsp3) is 0.158. The van der Waals surface area contributed by atoms with Crippen molar-refractivity contribution in [1.29, 1.82) is 0 Å². The van der Waals surface area contributed by atoms with E-state index < -0.39 is 5.97 Å². The van der Waals surface area contributed by atoms with Gasteiger partial charge in [0.05, 0.1) is 29.8 Å². The van der Waals surface area contributed by atoms with E-state index in [1.54, 1.807) is 12.1 Å². The van der Waals surface area contributed by atoms with Crippen LogP contribution in [0.25, 0.3) is 10.6 Å². The molecule has 0 fully saturated rings. The second-order valence-electron chi connectivity index (χ2n) is 5.74. The van der Waals surface area contributed by atoms with E-state index in [-0.39, 0.29) is 11.8 Å². The summed E-state index contributed by atoms with van der Waals surface area (Å²) in [6.45, 7) is 1.96. The summed E-state index contributed by atoms with van der Waals surface area (Å²) < 4.78 is 4.64. The largest absolute Gasteiger partial charge is 0.465 e. The lowest BCUT2D eigenvalue weighted by Crippen LogP contribution is -2.17. The van der Waals surface area contributed by atoms with Crippen LogP contribution in [0.4, 0.5) is 5.13 Å². The number of anilines is 1. The normalized spacial score (nSPS) is 10.4. The van der Waals surface area contributed by atoms with Crippen molar-refractivity contribution in [1.82, 2.24) is 10.3 Å². The minimum absolute atomic E-state index is 0.0757. The summed E-state index contributed by atoms with van der Waals surface area (Å²) in [6.07, 6.45) is 0. The SMILES string of the molecule is COC(=O)c1ccc(C(=O)Nc2nc(-c3ccc(CNC(C)=O)s3)cs2)cc1. The van der Waals surface area contributed by atoms with Crippen molar-refractivity contribution in [3.8, 4) is 10.6 Å². The van der Waals surface area contributed by atoms with Gasteiger partial charge in [0.25, 0.3) is 5.91 Å². The molecular weight excluding hydrogens is 398 g/mol. The number of aromatic nitrogens is 1. The van der Waals surface area contributed by atoms with Gasteiger partial charge in [0.1, 0.15) is 0 Å². The van der Waals surface area contributed by atoms with Crippen LogP contribution in [0.5, 0.6) is 0 Å². The highest BCUT2D eigenvalue weighted by Crippen LogP contribution is 2.31. The number of esters is 1. The molecular formula is C19H17N3O4S2. The number of carbonyl (C=O) groups is 3. The van der Waals surface area contributed by atoms with Gasteiger partial charge in [-0.3, -0.25) is 14.9 Å². The van der Waals surface area contributed by atoms with Crippen LogP contribution in [0.2, 0.25) is 0 Å². The Balaban J connectivity index is 1.65. The molecule has 0 spiro atoms. The van der Waals surface area contributed by atoms with E-state index in [1.165, 1.54) is 48.8 Å². The number of thiazole rings is 1. The summed E-state index contributed by atoms with van der Waals surface area (Å²) in [7, 11) is 1.30. The van der Waals surface area contributed by atoms with E-state index in [2.05, 4.69) is 20.4 Å². The lowest BCUT2D eigenvalue weighted by Gasteiger charge is -2.03. The van der Waals surface area contributed by atoms with Crippen LogP contribution in [0, 0.1) is 0 Å². The van der Waals surface area contributed by atoms with Crippen LogP contribution in [0.15, 0.2) is 41.8 Å². The summed E-state index contributed by atoms with van der Waals surface area (Å²) in [4.78, 5) is 41.2. The third-order valence-corrected chi connectivity index (χ3v) is 5.58. The van der Waals surface area contributed by atoms with E-state index in [0.717, 1.165) is 15.4 Å². The Morgan fingerprint density at radius 3 is 2.46 bits per heavy atom. The third-order valence-electron chi connectivity index (χ3n) is 3.72. The van der Waals surface area contributed by atoms with Gasteiger partial charge in [0, 0.05) is 22.7 Å². The van der Waals surface area contributed by atoms with Gasteiger partial charge in [-0.15, -0.1) is 22.7 Å². The highest BCUT2D eigenvalue weighted by molar-refractivity contribution is 7.17. The van der Waals surface area contributed by atoms with Gasteiger partial charge < -0.3 is 10.1 Å². The fourth-order valence-electron chi connectivity index (χ4n) is 2.31. The first-order chi connectivity index (χ1) is 13.5. The van der Waals surface area contributed by atoms with E-state index in [0.29, 0.717) is 22.8 Å². The van der Waals surface area contributed by atoms with Gasteiger partial charge >= 0.3 is 5.97 Å². The molecule has 7 nitrogen and oxygen atoms in total. The Morgan fingerprint density at radius 1 is 1.07 bits per heavy atom. The molecule has 0 atom stereocenters. The predicted molar refractivity (Wildman–Crippen MR) is 109 cm³/mol. The second kappa shape index (κ2) is 8.77. The molecule has 0 saturated heterocycles. The first-order valence-electron chi connectivity index (χ1n) is 8.25. The van der Waals surface area contributed by atoms with Crippen molar-refractivity contribution in [3.05, 3.63) is 57.8 Å². The van der Waals surface area contributed by atoms with Crippen molar-refractivity contribution in [2.24, 2.45) is 0 Å². The van der Waals surface area contributed by atoms with Gasteiger partial charge in [0.15, 0.2) is 5.13 Å². The van der Waals surface area contributed by atoms with Crippen LogP contribution in [-0.2, 0) is 16.1 Å². The molecule has 0 radical (unpaired) electrons. The maximum atomic E-state index is 12.4. The Hall–Kier alpha value is -3.04. The van der Waals surface area contributed by atoms with Crippen molar-refractivity contribution in [2.75, 3.05) is 12.4 Å². The van der Waals surface area contributed by atoms with Crippen molar-refractivity contribution < 1.29 is 19.1 Å². The molecule has 2 N–H and O–H groups in total. The van der Waals surface area contributed by atoms with Crippen LogP contribution < -0.4 is 10.6 Å².